The topological polar surface area (TPSA) is 70.3 Å². The van der Waals surface area contributed by atoms with Crippen molar-refractivity contribution < 1.29 is 0 Å². The Balaban J connectivity index is 1.74. The van der Waals surface area contributed by atoms with E-state index in [0.717, 1.165) is 22.6 Å². The highest BCUT2D eigenvalue weighted by Crippen LogP contribution is 2.31. The fourth-order valence-electron chi connectivity index (χ4n) is 3.07. The van der Waals surface area contributed by atoms with Crippen LogP contribution in [0.4, 0.5) is 0 Å². The Hall–Kier alpha value is -2.61. The monoisotopic (exact) mass is 277 g/mol. The number of rotatable bonds is 2. The molecule has 5 heteroatoms. The maximum atomic E-state index is 8.85. The predicted octanol–water partition coefficient (Wildman–Crippen LogP) is 3.41. The van der Waals surface area contributed by atoms with Crippen LogP contribution in [0.3, 0.4) is 0 Å². The first-order chi connectivity index (χ1) is 10.3. The molecule has 3 aromatic rings. The van der Waals surface area contributed by atoms with E-state index in [2.05, 4.69) is 20.8 Å². The van der Waals surface area contributed by atoms with Crippen molar-refractivity contribution in [1.29, 1.82) is 5.26 Å². The van der Waals surface area contributed by atoms with Gasteiger partial charge in [0.2, 0.25) is 0 Å². The van der Waals surface area contributed by atoms with Gasteiger partial charge in [-0.1, -0.05) is 12.8 Å². The molecule has 5 nitrogen and oxygen atoms in total. The Labute approximate surface area is 122 Å². The number of nitrogens with zero attached hydrogens (tertiary/aromatic N) is 4. The molecule has 4 rings (SSSR count). The highest BCUT2D eigenvalue weighted by Gasteiger charge is 2.21. The molecule has 1 fully saturated rings. The minimum atomic E-state index is 0.486. The smallest absolute Gasteiger partial charge is 0.177 e. The molecule has 0 bridgehead atoms. The van der Waals surface area contributed by atoms with Gasteiger partial charge >= 0.3 is 0 Å². The average Bonchev–Trinajstić information content (AvgIpc) is 3.23. The lowest BCUT2D eigenvalue weighted by Crippen LogP contribution is -2.06. The third-order valence-corrected chi connectivity index (χ3v) is 4.20. The molecule has 1 aliphatic rings. The normalized spacial score (nSPS) is 15.6. The van der Waals surface area contributed by atoms with E-state index in [9.17, 15) is 0 Å². The summed E-state index contributed by atoms with van der Waals surface area (Å²) in [5.41, 5.74) is 3.55. The number of hydrogen-bond donors (Lipinski definition) is 1. The summed E-state index contributed by atoms with van der Waals surface area (Å²) >= 11 is 0. The highest BCUT2D eigenvalue weighted by atomic mass is 15.3. The number of aromatic amines is 1. The largest absolute Gasteiger partial charge is 0.335 e. The molecule has 2 aromatic heterocycles. The number of benzene rings is 1. The van der Waals surface area contributed by atoms with E-state index < -0.39 is 0 Å². The number of fused-ring (bicyclic) bond motifs is 1. The third-order valence-electron chi connectivity index (χ3n) is 4.20. The lowest BCUT2D eigenvalue weighted by molar-refractivity contribution is 0.479. The molecule has 0 aliphatic heterocycles. The molecular weight excluding hydrogens is 262 g/mol. The van der Waals surface area contributed by atoms with Crippen molar-refractivity contribution in [2.75, 3.05) is 0 Å². The predicted molar refractivity (Wildman–Crippen MR) is 79.5 cm³/mol. The van der Waals surface area contributed by atoms with Crippen LogP contribution in [0.2, 0.25) is 0 Å². The van der Waals surface area contributed by atoms with Crippen LogP contribution in [0.25, 0.3) is 22.6 Å². The van der Waals surface area contributed by atoms with Gasteiger partial charge in [-0.25, -0.2) is 9.67 Å². The van der Waals surface area contributed by atoms with E-state index in [1.165, 1.54) is 25.7 Å². The van der Waals surface area contributed by atoms with Crippen LogP contribution in [0.1, 0.15) is 37.3 Å². The molecule has 0 radical (unpaired) electrons. The first-order valence-corrected chi connectivity index (χ1v) is 7.29. The SMILES string of the molecule is N#Cc1ccc(-c2nc3c(cnn3C3CCCC3)[nH]2)cc1. The molecule has 0 amide bonds. The van der Waals surface area contributed by atoms with Gasteiger partial charge in [0.15, 0.2) is 5.65 Å². The second-order valence-electron chi connectivity index (χ2n) is 5.54. The van der Waals surface area contributed by atoms with Gasteiger partial charge in [0.1, 0.15) is 11.3 Å². The molecule has 0 unspecified atom stereocenters. The summed E-state index contributed by atoms with van der Waals surface area (Å²) in [6, 6.07) is 10.1. The quantitative estimate of drug-likeness (QED) is 0.780. The Morgan fingerprint density at radius 3 is 2.67 bits per heavy atom. The van der Waals surface area contributed by atoms with Crippen LogP contribution in [-0.4, -0.2) is 19.7 Å². The van der Waals surface area contributed by atoms with Crippen molar-refractivity contribution in [3.63, 3.8) is 0 Å². The number of H-pyrrole nitrogens is 1. The Kier molecular flexibility index (Phi) is 2.74. The summed E-state index contributed by atoms with van der Waals surface area (Å²) in [4.78, 5) is 8.02. The van der Waals surface area contributed by atoms with Crippen molar-refractivity contribution in [2.45, 2.75) is 31.7 Å². The van der Waals surface area contributed by atoms with Crippen LogP contribution in [0, 0.1) is 11.3 Å². The van der Waals surface area contributed by atoms with Crippen molar-refractivity contribution in [3.05, 3.63) is 36.0 Å². The van der Waals surface area contributed by atoms with Crippen LogP contribution < -0.4 is 0 Å². The Bertz CT molecular complexity index is 813. The van der Waals surface area contributed by atoms with E-state index in [0.29, 0.717) is 11.6 Å². The van der Waals surface area contributed by atoms with Gasteiger partial charge in [0, 0.05) is 5.56 Å². The van der Waals surface area contributed by atoms with Crippen molar-refractivity contribution >= 4 is 11.2 Å². The zero-order chi connectivity index (χ0) is 14.2. The summed E-state index contributed by atoms with van der Waals surface area (Å²) in [7, 11) is 0. The minimum absolute atomic E-state index is 0.486. The van der Waals surface area contributed by atoms with Gasteiger partial charge in [-0.15, -0.1) is 0 Å². The van der Waals surface area contributed by atoms with Crippen LogP contribution >= 0.6 is 0 Å². The van der Waals surface area contributed by atoms with Crippen molar-refractivity contribution in [2.24, 2.45) is 0 Å². The molecule has 0 atom stereocenters. The molecule has 1 saturated carbocycles. The fraction of sp³-hybridized carbons (Fsp3) is 0.312. The second kappa shape index (κ2) is 4.74. The molecule has 21 heavy (non-hydrogen) atoms. The maximum Gasteiger partial charge on any atom is 0.177 e. The van der Waals surface area contributed by atoms with Gasteiger partial charge in [0.05, 0.1) is 23.9 Å². The molecule has 0 saturated heterocycles. The van der Waals surface area contributed by atoms with E-state index in [1.807, 2.05) is 30.5 Å². The summed E-state index contributed by atoms with van der Waals surface area (Å²) in [6.07, 6.45) is 6.79. The van der Waals surface area contributed by atoms with Gasteiger partial charge in [-0.3, -0.25) is 0 Å². The minimum Gasteiger partial charge on any atom is -0.335 e. The summed E-state index contributed by atoms with van der Waals surface area (Å²) in [5, 5.41) is 13.3. The summed E-state index contributed by atoms with van der Waals surface area (Å²) in [6.45, 7) is 0. The number of aromatic nitrogens is 4. The van der Waals surface area contributed by atoms with Crippen molar-refractivity contribution in [3.8, 4) is 17.5 Å². The van der Waals surface area contributed by atoms with E-state index >= 15 is 0 Å². The molecule has 1 aromatic carbocycles. The lowest BCUT2D eigenvalue weighted by Gasteiger charge is -2.08. The average molecular weight is 277 g/mol. The van der Waals surface area contributed by atoms with Crippen LogP contribution in [0.5, 0.6) is 0 Å². The Morgan fingerprint density at radius 1 is 1.19 bits per heavy atom. The van der Waals surface area contributed by atoms with Crippen molar-refractivity contribution in [1.82, 2.24) is 19.7 Å². The summed E-state index contributed by atoms with van der Waals surface area (Å²) in [5.74, 6) is 0.832. The molecule has 104 valence electrons. The fourth-order valence-corrected chi connectivity index (χ4v) is 3.07. The van der Waals surface area contributed by atoms with Crippen LogP contribution in [-0.2, 0) is 0 Å². The van der Waals surface area contributed by atoms with E-state index in [4.69, 9.17) is 10.2 Å². The zero-order valence-electron chi connectivity index (χ0n) is 11.6. The first kappa shape index (κ1) is 12.2. The van der Waals surface area contributed by atoms with Gasteiger partial charge in [0.25, 0.3) is 0 Å². The number of nitriles is 1. The molecule has 0 spiro atoms. The first-order valence-electron chi connectivity index (χ1n) is 7.29. The Morgan fingerprint density at radius 2 is 1.95 bits per heavy atom. The molecular formula is C16H15N5. The summed E-state index contributed by atoms with van der Waals surface area (Å²) < 4.78 is 2.06. The van der Waals surface area contributed by atoms with Gasteiger partial charge in [-0.05, 0) is 37.1 Å². The standard InChI is InChI=1S/C16H15N5/c17-9-11-5-7-12(8-6-11)15-19-14-10-18-21(16(14)20-15)13-3-1-2-4-13/h5-8,10,13H,1-4H2,(H,19,20). The van der Waals surface area contributed by atoms with E-state index in [1.54, 1.807) is 0 Å². The maximum absolute atomic E-state index is 8.85. The molecule has 2 heterocycles. The number of imidazole rings is 1. The molecule has 1 N–H and O–H groups in total. The second-order valence-corrected chi connectivity index (χ2v) is 5.54. The third kappa shape index (κ3) is 2.00. The van der Waals surface area contributed by atoms with Gasteiger partial charge in [-0.2, -0.15) is 10.4 Å². The van der Waals surface area contributed by atoms with Gasteiger partial charge < -0.3 is 4.98 Å². The number of hydrogen-bond acceptors (Lipinski definition) is 3. The number of nitrogens with one attached hydrogen (secondary N) is 1. The van der Waals surface area contributed by atoms with Crippen LogP contribution in [0.15, 0.2) is 30.5 Å². The lowest BCUT2D eigenvalue weighted by atomic mass is 10.1. The zero-order valence-corrected chi connectivity index (χ0v) is 11.6. The molecule has 1 aliphatic carbocycles. The highest BCUT2D eigenvalue weighted by molar-refractivity contribution is 5.76. The van der Waals surface area contributed by atoms with E-state index in [-0.39, 0.29) is 0 Å².